The second kappa shape index (κ2) is 8.61. The summed E-state index contributed by atoms with van der Waals surface area (Å²) in [6.07, 6.45) is 2.13. The first kappa shape index (κ1) is 19.4. The number of hydrogen-bond donors (Lipinski definition) is 1. The maximum atomic E-state index is 12.4. The highest BCUT2D eigenvalue weighted by Gasteiger charge is 2.20. The van der Waals surface area contributed by atoms with Gasteiger partial charge in [0.15, 0.2) is 0 Å². The van der Waals surface area contributed by atoms with Crippen molar-refractivity contribution < 1.29 is 9.53 Å². The molecule has 1 aliphatic heterocycles. The van der Waals surface area contributed by atoms with Crippen molar-refractivity contribution in [3.8, 4) is 5.75 Å². The molecule has 2 aromatic carbocycles. The van der Waals surface area contributed by atoms with Gasteiger partial charge in [-0.25, -0.2) is 0 Å². The van der Waals surface area contributed by atoms with Crippen molar-refractivity contribution in [3.05, 3.63) is 69.2 Å². The summed E-state index contributed by atoms with van der Waals surface area (Å²) in [5.74, 6) is 0.701. The molecule has 0 bridgehead atoms. The van der Waals surface area contributed by atoms with Gasteiger partial charge >= 0.3 is 0 Å². The number of carbonyl (C=O) groups is 1. The Kier molecular flexibility index (Phi) is 5.76. The second-order valence-corrected chi connectivity index (χ2v) is 8.25. The molecule has 1 amide bonds. The van der Waals surface area contributed by atoms with Crippen LogP contribution in [0.2, 0.25) is 0 Å². The van der Waals surface area contributed by atoms with Crippen LogP contribution in [-0.4, -0.2) is 29.8 Å². The monoisotopic (exact) mass is 408 g/mol. The maximum absolute atomic E-state index is 12.4. The molecular weight excluding hydrogens is 384 g/mol. The molecule has 29 heavy (non-hydrogen) atoms. The molecule has 0 aliphatic carbocycles. The molecule has 0 saturated carbocycles. The van der Waals surface area contributed by atoms with E-state index in [1.807, 2.05) is 37.3 Å². The molecule has 3 aromatic rings. The second-order valence-electron chi connectivity index (χ2n) is 7.19. The van der Waals surface area contributed by atoms with Crippen molar-refractivity contribution in [1.82, 2.24) is 15.5 Å². The summed E-state index contributed by atoms with van der Waals surface area (Å²) in [6, 6.07) is 14.3. The van der Waals surface area contributed by atoms with Crippen LogP contribution >= 0.6 is 11.3 Å². The van der Waals surface area contributed by atoms with E-state index in [0.29, 0.717) is 18.1 Å². The molecule has 0 saturated heterocycles. The van der Waals surface area contributed by atoms with Crippen molar-refractivity contribution in [3.63, 3.8) is 0 Å². The predicted octanol–water partition coefficient (Wildman–Crippen LogP) is 3.74. The van der Waals surface area contributed by atoms with Gasteiger partial charge in [-0.1, -0.05) is 41.2 Å². The van der Waals surface area contributed by atoms with Crippen molar-refractivity contribution in [2.24, 2.45) is 0 Å². The number of aromatic nitrogens is 2. The van der Waals surface area contributed by atoms with Crippen LogP contribution in [0, 0.1) is 6.92 Å². The fraction of sp³-hybridized carbons (Fsp3) is 0.318. The van der Waals surface area contributed by atoms with Gasteiger partial charge in [-0.15, -0.1) is 10.2 Å². The fourth-order valence-corrected chi connectivity index (χ4v) is 4.25. The normalized spacial score (nSPS) is 13.1. The maximum Gasteiger partial charge on any atom is 0.282 e. The van der Waals surface area contributed by atoms with E-state index >= 15 is 0 Å². The Bertz CT molecular complexity index is 1000. The smallest absolute Gasteiger partial charge is 0.282 e. The number of ether oxygens (including phenoxy) is 1. The van der Waals surface area contributed by atoms with Gasteiger partial charge in [-0.05, 0) is 49.1 Å². The minimum atomic E-state index is -0.182. The topological polar surface area (TPSA) is 67.3 Å². The van der Waals surface area contributed by atoms with Gasteiger partial charge < -0.3 is 15.0 Å². The van der Waals surface area contributed by atoms with Crippen LogP contribution in [0.25, 0.3) is 0 Å². The lowest BCUT2D eigenvalue weighted by atomic mass is 10.0. The number of rotatable bonds is 6. The molecule has 0 atom stereocenters. The van der Waals surface area contributed by atoms with Gasteiger partial charge in [0.05, 0.1) is 13.7 Å². The first-order valence-electron chi connectivity index (χ1n) is 9.70. The average molecular weight is 409 g/mol. The van der Waals surface area contributed by atoms with Crippen LogP contribution in [-0.2, 0) is 19.5 Å². The Hall–Kier alpha value is -2.93. The number of carbonyl (C=O) groups excluding carboxylic acids is 1. The number of amides is 1. The van der Waals surface area contributed by atoms with Crippen LogP contribution < -0.4 is 15.0 Å². The summed E-state index contributed by atoms with van der Waals surface area (Å²) in [5, 5.41) is 12.5. The lowest BCUT2D eigenvalue weighted by Gasteiger charge is -2.30. The number of hydrogen-bond acceptors (Lipinski definition) is 6. The predicted molar refractivity (Wildman–Crippen MR) is 115 cm³/mol. The molecule has 1 aliphatic rings. The third-order valence-corrected chi connectivity index (χ3v) is 5.97. The number of benzene rings is 2. The molecule has 1 aromatic heterocycles. The Morgan fingerprint density at radius 2 is 2.03 bits per heavy atom. The SMILES string of the molecule is COc1ccc2c(c1)CCCN2Cc1nnc(C(=O)NCc2ccc(C)cc2)s1. The van der Waals surface area contributed by atoms with Crippen molar-refractivity contribution in [2.75, 3.05) is 18.6 Å². The van der Waals surface area contributed by atoms with E-state index in [4.69, 9.17) is 4.74 Å². The van der Waals surface area contributed by atoms with Gasteiger partial charge in [0.25, 0.3) is 5.91 Å². The number of methoxy groups -OCH3 is 1. The zero-order chi connectivity index (χ0) is 20.2. The highest BCUT2D eigenvalue weighted by atomic mass is 32.1. The molecule has 0 radical (unpaired) electrons. The number of aryl methyl sites for hydroxylation is 2. The fourth-order valence-electron chi connectivity index (χ4n) is 3.48. The minimum absolute atomic E-state index is 0.182. The van der Waals surface area contributed by atoms with Crippen LogP contribution in [0.3, 0.4) is 0 Å². The molecule has 0 fully saturated rings. The minimum Gasteiger partial charge on any atom is -0.497 e. The number of fused-ring (bicyclic) bond motifs is 1. The van der Waals surface area contributed by atoms with Crippen LogP contribution in [0.1, 0.15) is 37.9 Å². The van der Waals surface area contributed by atoms with Gasteiger partial charge in [-0.3, -0.25) is 4.79 Å². The summed E-state index contributed by atoms with van der Waals surface area (Å²) in [5.41, 5.74) is 4.76. The Labute approximate surface area is 174 Å². The Balaban J connectivity index is 1.39. The lowest BCUT2D eigenvalue weighted by molar-refractivity contribution is 0.0950. The van der Waals surface area contributed by atoms with Gasteiger partial charge in [-0.2, -0.15) is 0 Å². The number of nitrogens with zero attached hydrogens (tertiary/aromatic N) is 3. The molecule has 2 heterocycles. The first-order chi connectivity index (χ1) is 14.1. The summed E-state index contributed by atoms with van der Waals surface area (Å²) < 4.78 is 5.34. The van der Waals surface area contributed by atoms with E-state index in [-0.39, 0.29) is 5.91 Å². The highest BCUT2D eigenvalue weighted by molar-refractivity contribution is 7.13. The van der Waals surface area contributed by atoms with E-state index < -0.39 is 0 Å². The van der Waals surface area contributed by atoms with E-state index in [1.165, 1.54) is 28.2 Å². The first-order valence-corrected chi connectivity index (χ1v) is 10.5. The van der Waals surface area contributed by atoms with E-state index in [0.717, 1.165) is 35.7 Å². The molecule has 4 rings (SSSR count). The standard InChI is InChI=1S/C22H24N4O2S/c1-15-5-7-16(8-6-15)13-23-21(27)22-25-24-20(29-22)14-26-11-3-4-17-12-18(28-2)9-10-19(17)26/h5-10,12H,3-4,11,13-14H2,1-2H3,(H,23,27). The molecule has 1 N–H and O–H groups in total. The number of nitrogens with one attached hydrogen (secondary N) is 1. The zero-order valence-electron chi connectivity index (χ0n) is 16.6. The lowest BCUT2D eigenvalue weighted by Crippen LogP contribution is -2.28. The Morgan fingerprint density at radius 3 is 2.83 bits per heavy atom. The summed E-state index contributed by atoms with van der Waals surface area (Å²) in [6.45, 7) is 4.15. The van der Waals surface area contributed by atoms with Crippen molar-refractivity contribution in [1.29, 1.82) is 0 Å². The van der Waals surface area contributed by atoms with Crippen LogP contribution in [0.4, 0.5) is 5.69 Å². The van der Waals surface area contributed by atoms with Gasteiger partial charge in [0.1, 0.15) is 10.8 Å². The molecule has 150 valence electrons. The van der Waals surface area contributed by atoms with E-state index in [1.54, 1.807) is 7.11 Å². The van der Waals surface area contributed by atoms with Crippen molar-refractivity contribution >= 4 is 22.9 Å². The van der Waals surface area contributed by atoms with E-state index in [2.05, 4.69) is 32.5 Å². The van der Waals surface area contributed by atoms with Crippen LogP contribution in [0.15, 0.2) is 42.5 Å². The summed E-state index contributed by atoms with van der Waals surface area (Å²) >= 11 is 1.35. The third kappa shape index (κ3) is 4.56. The van der Waals surface area contributed by atoms with E-state index in [9.17, 15) is 4.79 Å². The molecule has 0 spiro atoms. The van der Waals surface area contributed by atoms with Crippen molar-refractivity contribution in [2.45, 2.75) is 32.9 Å². The van der Waals surface area contributed by atoms with Gasteiger partial charge in [0, 0.05) is 18.8 Å². The zero-order valence-corrected chi connectivity index (χ0v) is 17.5. The Morgan fingerprint density at radius 1 is 1.21 bits per heavy atom. The van der Waals surface area contributed by atoms with Crippen LogP contribution in [0.5, 0.6) is 5.75 Å². The molecule has 0 unspecified atom stereocenters. The van der Waals surface area contributed by atoms with Gasteiger partial charge in [0.2, 0.25) is 5.01 Å². The molecule has 7 heteroatoms. The third-order valence-electron chi connectivity index (χ3n) is 5.06. The summed E-state index contributed by atoms with van der Waals surface area (Å²) in [4.78, 5) is 14.7. The quantitative estimate of drug-likeness (QED) is 0.673. The highest BCUT2D eigenvalue weighted by Crippen LogP contribution is 2.31. The number of anilines is 1. The summed E-state index contributed by atoms with van der Waals surface area (Å²) in [7, 11) is 1.69. The average Bonchev–Trinajstić information content (AvgIpc) is 3.21. The molecule has 6 nitrogen and oxygen atoms in total. The largest absolute Gasteiger partial charge is 0.497 e. The molecular formula is C22H24N4O2S.